The van der Waals surface area contributed by atoms with Gasteiger partial charge >= 0.3 is 24.0 Å². The summed E-state index contributed by atoms with van der Waals surface area (Å²) in [7, 11) is 0. The molecule has 0 bridgehead atoms. The largest absolute Gasteiger partial charge is 0.437 e. The molecular formula is C15H20N6O6. The molecule has 2 saturated heterocycles. The number of nitro groups is 1. The van der Waals surface area contributed by atoms with E-state index in [0.29, 0.717) is 58.7 Å². The van der Waals surface area contributed by atoms with E-state index in [9.17, 15) is 19.7 Å². The number of carbonyl (C=O) groups is 2. The number of imidazole rings is 1. The van der Waals surface area contributed by atoms with Gasteiger partial charge in [0.05, 0.1) is 6.54 Å². The highest BCUT2D eigenvalue weighted by Crippen LogP contribution is 2.37. The van der Waals surface area contributed by atoms with Crippen molar-refractivity contribution in [3.05, 3.63) is 16.3 Å². The molecule has 0 unspecified atom stereocenters. The molecule has 0 radical (unpaired) electrons. The van der Waals surface area contributed by atoms with E-state index < -0.39 is 22.7 Å². The Hall–Kier alpha value is -2.89. The molecule has 12 heteroatoms. The van der Waals surface area contributed by atoms with Crippen molar-refractivity contribution in [1.29, 1.82) is 0 Å². The average molecular weight is 380 g/mol. The summed E-state index contributed by atoms with van der Waals surface area (Å²) in [5.74, 6) is -0.243. The van der Waals surface area contributed by atoms with Gasteiger partial charge in [0.2, 0.25) is 0 Å². The predicted octanol–water partition coefficient (Wildman–Crippen LogP) is 0.180. The van der Waals surface area contributed by atoms with Gasteiger partial charge in [-0.25, -0.2) is 9.59 Å². The Morgan fingerprint density at radius 3 is 2.41 bits per heavy atom. The zero-order valence-electron chi connectivity index (χ0n) is 14.6. The minimum Gasteiger partial charge on any atom is -0.437 e. The third-order valence-electron chi connectivity index (χ3n) is 5.16. The zero-order chi connectivity index (χ0) is 19.0. The number of nitrogens with zero attached hydrogens (tertiary/aromatic N) is 5. The molecule has 4 rings (SSSR count). The van der Waals surface area contributed by atoms with Crippen LogP contribution in [-0.2, 0) is 11.3 Å². The molecular weight excluding hydrogens is 360 g/mol. The third-order valence-corrected chi connectivity index (χ3v) is 5.16. The lowest BCUT2D eigenvalue weighted by Crippen LogP contribution is -2.51. The molecule has 1 spiro atoms. The monoisotopic (exact) mass is 380 g/mol. The Balaban J connectivity index is 1.30. The van der Waals surface area contributed by atoms with Gasteiger partial charge in [-0.3, -0.25) is 4.57 Å². The molecule has 3 aliphatic heterocycles. The van der Waals surface area contributed by atoms with Gasteiger partial charge in [0, 0.05) is 57.1 Å². The Kier molecular flexibility index (Phi) is 4.34. The molecule has 146 valence electrons. The van der Waals surface area contributed by atoms with E-state index >= 15 is 0 Å². The number of ether oxygens (including phenoxy) is 2. The van der Waals surface area contributed by atoms with Crippen LogP contribution in [0, 0.1) is 10.1 Å². The van der Waals surface area contributed by atoms with Gasteiger partial charge in [-0.05, 0) is 4.92 Å². The molecule has 0 atom stereocenters. The Bertz CT molecular complexity index is 739. The molecule has 12 nitrogen and oxygen atoms in total. The first kappa shape index (κ1) is 17.5. The van der Waals surface area contributed by atoms with Gasteiger partial charge < -0.3 is 34.7 Å². The van der Waals surface area contributed by atoms with Gasteiger partial charge in [0.1, 0.15) is 11.8 Å². The highest BCUT2D eigenvalue weighted by molar-refractivity contribution is 5.83. The van der Waals surface area contributed by atoms with Crippen LogP contribution in [0.1, 0.15) is 12.8 Å². The number of amides is 2. The standard InChI is InChI=1S/C15H20N6O6/c22-13(26-14(23)19-7-3-16-4-8-19)18-5-1-15(2-6-18)10-20-9-11(21(24)25)17-12(20)27-15/h9,16H,1-8,10H2. The van der Waals surface area contributed by atoms with E-state index in [-0.39, 0.29) is 11.8 Å². The fourth-order valence-electron chi connectivity index (χ4n) is 3.61. The Morgan fingerprint density at radius 2 is 1.81 bits per heavy atom. The summed E-state index contributed by atoms with van der Waals surface area (Å²) in [6.07, 6.45) is 1.14. The second kappa shape index (κ2) is 6.68. The number of carbonyl (C=O) groups excluding carboxylic acids is 2. The molecule has 2 fully saturated rings. The van der Waals surface area contributed by atoms with Crippen LogP contribution in [0.25, 0.3) is 0 Å². The smallest absolute Gasteiger partial charge is 0.418 e. The lowest BCUT2D eigenvalue weighted by atomic mass is 9.91. The van der Waals surface area contributed by atoms with Crippen molar-refractivity contribution in [2.75, 3.05) is 39.3 Å². The van der Waals surface area contributed by atoms with Crippen LogP contribution >= 0.6 is 0 Å². The average Bonchev–Trinajstić information content (AvgIpc) is 3.19. The normalized spacial score (nSPS) is 20.9. The van der Waals surface area contributed by atoms with E-state index in [2.05, 4.69) is 10.3 Å². The first-order valence-corrected chi connectivity index (χ1v) is 8.83. The second-order valence-corrected chi connectivity index (χ2v) is 6.91. The van der Waals surface area contributed by atoms with Gasteiger partial charge in [0.25, 0.3) is 0 Å². The summed E-state index contributed by atoms with van der Waals surface area (Å²) in [4.78, 5) is 41.4. The number of hydrogen-bond acceptors (Lipinski definition) is 8. The number of rotatable bonds is 1. The maximum absolute atomic E-state index is 12.2. The third kappa shape index (κ3) is 3.39. The molecule has 0 aromatic carbocycles. The highest BCUT2D eigenvalue weighted by Gasteiger charge is 2.46. The van der Waals surface area contributed by atoms with Crippen LogP contribution in [0.4, 0.5) is 15.4 Å². The molecule has 0 aliphatic carbocycles. The van der Waals surface area contributed by atoms with E-state index in [1.807, 2.05) is 0 Å². The van der Waals surface area contributed by atoms with Crippen molar-refractivity contribution in [1.82, 2.24) is 24.7 Å². The minimum absolute atomic E-state index is 0.228. The summed E-state index contributed by atoms with van der Waals surface area (Å²) in [6, 6.07) is 0.228. The van der Waals surface area contributed by atoms with Crippen LogP contribution in [0.5, 0.6) is 6.01 Å². The van der Waals surface area contributed by atoms with Crippen LogP contribution in [0.3, 0.4) is 0 Å². The van der Waals surface area contributed by atoms with Crippen LogP contribution < -0.4 is 10.1 Å². The summed E-state index contributed by atoms with van der Waals surface area (Å²) in [5, 5.41) is 13.9. The van der Waals surface area contributed by atoms with Gasteiger partial charge in [-0.1, -0.05) is 0 Å². The van der Waals surface area contributed by atoms with Crippen LogP contribution in [0.15, 0.2) is 6.20 Å². The lowest BCUT2D eigenvalue weighted by Gasteiger charge is -2.37. The Labute approximate surface area is 154 Å². The molecule has 4 heterocycles. The predicted molar refractivity (Wildman–Crippen MR) is 89.4 cm³/mol. The van der Waals surface area contributed by atoms with Gasteiger partial charge in [0.15, 0.2) is 0 Å². The summed E-state index contributed by atoms with van der Waals surface area (Å²) in [6.45, 7) is 3.59. The number of piperazine rings is 1. The first-order valence-electron chi connectivity index (χ1n) is 8.83. The second-order valence-electron chi connectivity index (χ2n) is 6.91. The number of likely N-dealkylation sites (tertiary alicyclic amines) is 1. The number of nitrogens with one attached hydrogen (secondary N) is 1. The lowest BCUT2D eigenvalue weighted by molar-refractivity contribution is -0.389. The first-order chi connectivity index (χ1) is 13.0. The molecule has 3 aliphatic rings. The molecule has 1 N–H and O–H groups in total. The van der Waals surface area contributed by atoms with E-state index in [4.69, 9.17) is 9.47 Å². The topological polar surface area (TPSA) is 132 Å². The van der Waals surface area contributed by atoms with E-state index in [0.717, 1.165) is 0 Å². The van der Waals surface area contributed by atoms with Crippen molar-refractivity contribution in [2.45, 2.75) is 25.0 Å². The number of hydrogen-bond donors (Lipinski definition) is 1. The van der Waals surface area contributed by atoms with E-state index in [1.165, 1.54) is 16.0 Å². The number of fused-ring (bicyclic) bond motifs is 1. The van der Waals surface area contributed by atoms with Crippen molar-refractivity contribution in [3.8, 4) is 6.01 Å². The van der Waals surface area contributed by atoms with Crippen molar-refractivity contribution in [2.24, 2.45) is 0 Å². The zero-order valence-corrected chi connectivity index (χ0v) is 14.6. The minimum atomic E-state index is -0.653. The van der Waals surface area contributed by atoms with Gasteiger partial charge in [-0.2, -0.15) is 0 Å². The Morgan fingerprint density at radius 1 is 1.19 bits per heavy atom. The molecule has 27 heavy (non-hydrogen) atoms. The summed E-state index contributed by atoms with van der Waals surface area (Å²) < 4.78 is 12.5. The SMILES string of the molecule is O=C(OC(=O)N1CCC2(CC1)Cn1cc([N+](=O)[O-])nc1O2)N1CCNCC1. The molecule has 1 aromatic heterocycles. The molecule has 1 aromatic rings. The highest BCUT2D eigenvalue weighted by atomic mass is 16.6. The summed E-state index contributed by atoms with van der Waals surface area (Å²) in [5.41, 5.74) is -0.531. The van der Waals surface area contributed by atoms with Gasteiger partial charge in [-0.15, -0.1) is 0 Å². The van der Waals surface area contributed by atoms with Crippen molar-refractivity contribution in [3.63, 3.8) is 0 Å². The quantitative estimate of drug-likeness (QED) is 0.414. The number of piperidine rings is 1. The number of aromatic nitrogens is 2. The fraction of sp³-hybridized carbons (Fsp3) is 0.667. The van der Waals surface area contributed by atoms with Crippen molar-refractivity contribution < 1.29 is 24.0 Å². The molecule has 2 amide bonds. The maximum Gasteiger partial charge on any atom is 0.418 e. The molecule has 0 saturated carbocycles. The van der Waals surface area contributed by atoms with Crippen molar-refractivity contribution >= 4 is 18.0 Å². The van der Waals surface area contributed by atoms with Crippen LogP contribution in [-0.4, -0.2) is 81.3 Å². The van der Waals surface area contributed by atoms with E-state index in [1.54, 1.807) is 4.57 Å². The summed E-state index contributed by atoms with van der Waals surface area (Å²) >= 11 is 0. The van der Waals surface area contributed by atoms with Crippen LogP contribution in [0.2, 0.25) is 0 Å². The maximum atomic E-state index is 12.2. The fourth-order valence-corrected chi connectivity index (χ4v) is 3.61.